The molecule has 1 saturated heterocycles. The minimum atomic E-state index is -0.618. The van der Waals surface area contributed by atoms with Crippen LogP contribution in [0.2, 0.25) is 0 Å². The molecule has 132 valence electrons. The summed E-state index contributed by atoms with van der Waals surface area (Å²) in [7, 11) is 0. The summed E-state index contributed by atoms with van der Waals surface area (Å²) >= 11 is 5.61. The van der Waals surface area contributed by atoms with Gasteiger partial charge in [0.1, 0.15) is 11.5 Å². The van der Waals surface area contributed by atoms with Crippen molar-refractivity contribution in [3.05, 3.63) is 24.3 Å². The number of carbonyl (C=O) groups is 2. The minimum absolute atomic E-state index is 0.0936. The Balaban J connectivity index is 1.81. The molecule has 2 rings (SSSR count). The van der Waals surface area contributed by atoms with E-state index in [1.54, 1.807) is 28.9 Å². The van der Waals surface area contributed by atoms with Gasteiger partial charge >= 0.3 is 0 Å². The number of rotatable bonds is 6. The molecule has 0 bridgehead atoms. The maximum Gasteiger partial charge on any atom is 0.263 e. The molecular weight excluding hydrogens is 332 g/mol. The molecule has 1 aromatic carbocycles. The number of ether oxygens (including phenoxy) is 1. The average molecular weight is 355 g/mol. The molecule has 0 saturated carbocycles. The molecule has 1 aliphatic rings. The zero-order valence-electron chi connectivity index (χ0n) is 13.8. The van der Waals surface area contributed by atoms with Crippen molar-refractivity contribution in [2.75, 3.05) is 32.1 Å². The number of piperazine rings is 1. The molecule has 1 fully saturated rings. The summed E-state index contributed by atoms with van der Waals surface area (Å²) in [6, 6.07) is 6.26. The first kappa shape index (κ1) is 18.4. The van der Waals surface area contributed by atoms with Crippen LogP contribution in [0.4, 0.5) is 0 Å². The first-order chi connectivity index (χ1) is 11.5. The van der Waals surface area contributed by atoms with Gasteiger partial charge in [0.05, 0.1) is 0 Å². The Kier molecular flexibility index (Phi) is 6.73. The van der Waals surface area contributed by atoms with E-state index >= 15 is 0 Å². The number of alkyl halides is 1. The van der Waals surface area contributed by atoms with Crippen molar-refractivity contribution in [3.63, 3.8) is 0 Å². The van der Waals surface area contributed by atoms with Crippen LogP contribution in [0.1, 0.15) is 19.8 Å². The zero-order valence-corrected chi connectivity index (χ0v) is 14.5. The van der Waals surface area contributed by atoms with Gasteiger partial charge in [-0.15, -0.1) is 11.6 Å². The second-order valence-corrected chi connectivity index (χ2v) is 6.13. The van der Waals surface area contributed by atoms with E-state index in [0.717, 1.165) is 0 Å². The number of benzene rings is 1. The first-order valence-corrected chi connectivity index (χ1v) is 8.63. The number of halogens is 1. The number of phenolic OH excluding ortho intramolecular Hbond substituents is 1. The van der Waals surface area contributed by atoms with Crippen LogP contribution >= 0.6 is 11.6 Å². The topological polar surface area (TPSA) is 70.1 Å². The zero-order chi connectivity index (χ0) is 17.5. The van der Waals surface area contributed by atoms with Gasteiger partial charge in [-0.2, -0.15) is 0 Å². The van der Waals surface area contributed by atoms with Crippen LogP contribution in [0.3, 0.4) is 0 Å². The third kappa shape index (κ3) is 5.03. The monoisotopic (exact) mass is 354 g/mol. The van der Waals surface area contributed by atoms with Crippen LogP contribution in [-0.2, 0) is 9.59 Å². The van der Waals surface area contributed by atoms with Gasteiger partial charge in [0.15, 0.2) is 6.10 Å². The summed E-state index contributed by atoms with van der Waals surface area (Å²) in [4.78, 5) is 27.9. The number of nitrogens with zero attached hydrogens (tertiary/aromatic N) is 2. The van der Waals surface area contributed by atoms with Gasteiger partial charge in [-0.3, -0.25) is 9.59 Å². The standard InChI is InChI=1S/C17H23ClN2O4/c1-13(24-15-6-4-14(21)5-7-15)17(23)20-11-9-19(10-12-20)16(22)3-2-8-18/h4-7,13,21H,2-3,8-12H2,1H3. The fraction of sp³-hybridized carbons (Fsp3) is 0.529. The van der Waals surface area contributed by atoms with Crippen LogP contribution in [0, 0.1) is 0 Å². The van der Waals surface area contributed by atoms with E-state index in [1.165, 1.54) is 12.1 Å². The SMILES string of the molecule is CC(Oc1ccc(O)cc1)C(=O)N1CCN(C(=O)CCCCl)CC1. The molecule has 1 aliphatic heterocycles. The molecule has 6 nitrogen and oxygen atoms in total. The van der Waals surface area contributed by atoms with Crippen molar-refractivity contribution in [2.45, 2.75) is 25.9 Å². The van der Waals surface area contributed by atoms with Gasteiger partial charge in [-0.1, -0.05) is 0 Å². The predicted molar refractivity (Wildman–Crippen MR) is 91.3 cm³/mol. The predicted octanol–water partition coefficient (Wildman–Crippen LogP) is 1.85. The first-order valence-electron chi connectivity index (χ1n) is 8.09. The number of phenols is 1. The van der Waals surface area contributed by atoms with Crippen molar-refractivity contribution in [1.29, 1.82) is 0 Å². The second-order valence-electron chi connectivity index (χ2n) is 5.75. The Hall–Kier alpha value is -1.95. The summed E-state index contributed by atoms with van der Waals surface area (Å²) in [6.07, 6.45) is 0.516. The lowest BCUT2D eigenvalue weighted by Gasteiger charge is -2.36. The molecule has 1 atom stereocenters. The molecule has 2 amide bonds. The maximum atomic E-state index is 12.4. The molecule has 0 aromatic heterocycles. The summed E-state index contributed by atoms with van der Waals surface area (Å²) < 4.78 is 5.61. The molecule has 1 N–H and O–H groups in total. The summed E-state index contributed by atoms with van der Waals surface area (Å²) in [5, 5.41) is 9.26. The van der Waals surface area contributed by atoms with Crippen molar-refractivity contribution < 1.29 is 19.4 Å². The number of amides is 2. The van der Waals surface area contributed by atoms with Crippen molar-refractivity contribution in [1.82, 2.24) is 9.80 Å². The minimum Gasteiger partial charge on any atom is -0.508 e. The van der Waals surface area contributed by atoms with E-state index in [-0.39, 0.29) is 17.6 Å². The lowest BCUT2D eigenvalue weighted by Crippen LogP contribution is -2.53. The van der Waals surface area contributed by atoms with E-state index in [1.807, 2.05) is 0 Å². The molecule has 0 spiro atoms. The molecule has 1 unspecified atom stereocenters. The summed E-state index contributed by atoms with van der Waals surface area (Å²) in [5.74, 6) is 1.16. The number of aromatic hydroxyl groups is 1. The van der Waals surface area contributed by atoms with Crippen molar-refractivity contribution in [3.8, 4) is 11.5 Å². The van der Waals surface area contributed by atoms with Crippen molar-refractivity contribution >= 4 is 23.4 Å². The van der Waals surface area contributed by atoms with E-state index in [0.29, 0.717) is 50.7 Å². The van der Waals surface area contributed by atoms with Gasteiger partial charge in [-0.05, 0) is 37.6 Å². The molecule has 0 aliphatic carbocycles. The van der Waals surface area contributed by atoms with Crippen LogP contribution in [0.15, 0.2) is 24.3 Å². The maximum absolute atomic E-state index is 12.4. The van der Waals surface area contributed by atoms with Gasteiger partial charge < -0.3 is 19.6 Å². The van der Waals surface area contributed by atoms with E-state index in [9.17, 15) is 14.7 Å². The number of carbonyl (C=O) groups excluding carboxylic acids is 2. The Morgan fingerprint density at radius 3 is 2.33 bits per heavy atom. The molecule has 1 aromatic rings. The lowest BCUT2D eigenvalue weighted by atomic mass is 10.2. The van der Waals surface area contributed by atoms with Gasteiger partial charge in [0.2, 0.25) is 5.91 Å². The molecule has 7 heteroatoms. The summed E-state index contributed by atoms with van der Waals surface area (Å²) in [6.45, 7) is 3.80. The lowest BCUT2D eigenvalue weighted by molar-refractivity contribution is -0.143. The van der Waals surface area contributed by atoms with E-state index < -0.39 is 6.10 Å². The largest absolute Gasteiger partial charge is 0.508 e. The van der Waals surface area contributed by atoms with E-state index in [4.69, 9.17) is 16.3 Å². The third-order valence-electron chi connectivity index (χ3n) is 3.97. The Morgan fingerprint density at radius 1 is 1.17 bits per heavy atom. The summed E-state index contributed by atoms with van der Waals surface area (Å²) in [5.41, 5.74) is 0. The molecular formula is C17H23ClN2O4. The quantitative estimate of drug-likeness (QED) is 0.791. The second kappa shape index (κ2) is 8.78. The fourth-order valence-corrected chi connectivity index (χ4v) is 2.72. The van der Waals surface area contributed by atoms with Crippen LogP contribution in [-0.4, -0.2) is 64.9 Å². The van der Waals surface area contributed by atoms with Crippen LogP contribution in [0.5, 0.6) is 11.5 Å². The highest BCUT2D eigenvalue weighted by Gasteiger charge is 2.27. The van der Waals surface area contributed by atoms with Crippen molar-refractivity contribution in [2.24, 2.45) is 0 Å². The highest BCUT2D eigenvalue weighted by Crippen LogP contribution is 2.18. The number of hydrogen-bond acceptors (Lipinski definition) is 4. The van der Waals surface area contributed by atoms with E-state index in [2.05, 4.69) is 0 Å². The Bertz CT molecular complexity index is 556. The number of hydrogen-bond donors (Lipinski definition) is 1. The van der Waals surface area contributed by atoms with Gasteiger partial charge in [-0.25, -0.2) is 0 Å². The highest BCUT2D eigenvalue weighted by atomic mass is 35.5. The smallest absolute Gasteiger partial charge is 0.263 e. The Morgan fingerprint density at radius 2 is 1.75 bits per heavy atom. The van der Waals surface area contributed by atoms with Gasteiger partial charge in [0, 0.05) is 38.5 Å². The van der Waals surface area contributed by atoms with Gasteiger partial charge in [0.25, 0.3) is 5.91 Å². The average Bonchev–Trinajstić information content (AvgIpc) is 2.61. The third-order valence-corrected chi connectivity index (χ3v) is 4.23. The molecule has 0 radical (unpaired) electrons. The molecule has 24 heavy (non-hydrogen) atoms. The normalized spacial score (nSPS) is 15.9. The van der Waals surface area contributed by atoms with Crippen LogP contribution < -0.4 is 4.74 Å². The fourth-order valence-electron chi connectivity index (χ4n) is 2.59. The van der Waals surface area contributed by atoms with Crippen LogP contribution in [0.25, 0.3) is 0 Å². The Labute approximate surface area is 146 Å². The molecule has 1 heterocycles. The highest BCUT2D eigenvalue weighted by molar-refractivity contribution is 6.17.